The van der Waals surface area contributed by atoms with Gasteiger partial charge in [0.15, 0.2) is 0 Å². The molecule has 0 bridgehead atoms. The van der Waals surface area contributed by atoms with Gasteiger partial charge in [-0.15, -0.1) is 0 Å². The molecule has 0 unspecified atom stereocenters. The van der Waals surface area contributed by atoms with Crippen molar-refractivity contribution < 1.29 is 9.53 Å². The van der Waals surface area contributed by atoms with Gasteiger partial charge in [0, 0.05) is 23.7 Å². The lowest BCUT2D eigenvalue weighted by Gasteiger charge is -2.20. The summed E-state index contributed by atoms with van der Waals surface area (Å²) in [6, 6.07) is 17.0. The number of nitrogens with one attached hydrogen (secondary N) is 1. The predicted molar refractivity (Wildman–Crippen MR) is 166 cm³/mol. The Kier molecular flexibility index (Phi) is 9.69. The Bertz CT molecular complexity index is 1580. The molecule has 0 saturated carbocycles. The summed E-state index contributed by atoms with van der Waals surface area (Å²) >= 11 is 13.1. The van der Waals surface area contributed by atoms with Crippen molar-refractivity contribution in [3.05, 3.63) is 96.6 Å². The third kappa shape index (κ3) is 6.25. The molecule has 0 radical (unpaired) electrons. The lowest BCUT2D eigenvalue weighted by molar-refractivity contribution is -0.122. The van der Waals surface area contributed by atoms with Crippen LogP contribution in [0.1, 0.15) is 47.6 Å². The molecule has 0 spiro atoms. The van der Waals surface area contributed by atoms with E-state index >= 15 is 0 Å². The molecule has 3 aromatic rings. The number of thioether (sulfide) groups is 1. The van der Waals surface area contributed by atoms with Gasteiger partial charge in [0.25, 0.3) is 11.5 Å². The van der Waals surface area contributed by atoms with E-state index in [9.17, 15) is 14.9 Å². The SMILES string of the molecule is CCCCn1c(NCc2ccc(OC)cc2)c(/C=C2/SC(=S)N(Cc3ccccc3Cl)C2=O)c(C)c(C#N)c1=O. The number of amides is 1. The first-order chi connectivity index (χ1) is 19.3. The summed E-state index contributed by atoms with van der Waals surface area (Å²) in [5, 5.41) is 13.9. The number of ether oxygens (including phenoxy) is 1. The summed E-state index contributed by atoms with van der Waals surface area (Å²) in [6.45, 7) is 4.89. The molecule has 0 atom stereocenters. The lowest BCUT2D eigenvalue weighted by atomic mass is 10.0. The highest BCUT2D eigenvalue weighted by Gasteiger charge is 2.33. The average Bonchev–Trinajstić information content (AvgIpc) is 3.22. The van der Waals surface area contributed by atoms with E-state index in [4.69, 9.17) is 28.6 Å². The molecule has 1 amide bonds. The van der Waals surface area contributed by atoms with E-state index in [-0.39, 0.29) is 23.6 Å². The fourth-order valence-corrected chi connectivity index (χ4v) is 5.81. The van der Waals surface area contributed by atoms with Crippen LogP contribution in [0.4, 0.5) is 5.82 Å². The van der Waals surface area contributed by atoms with Crippen LogP contribution in [0.15, 0.2) is 58.2 Å². The van der Waals surface area contributed by atoms with Crippen LogP contribution in [0.3, 0.4) is 0 Å². The van der Waals surface area contributed by atoms with Crippen molar-refractivity contribution in [3.8, 4) is 11.8 Å². The molecule has 1 fully saturated rings. The molecule has 0 aliphatic carbocycles. The number of pyridine rings is 1. The largest absolute Gasteiger partial charge is 0.497 e. The molecule has 1 aliphatic rings. The van der Waals surface area contributed by atoms with Gasteiger partial charge in [0.05, 0.1) is 18.6 Å². The average molecular weight is 593 g/mol. The molecule has 4 rings (SSSR count). The Labute approximate surface area is 248 Å². The zero-order chi connectivity index (χ0) is 28.8. The summed E-state index contributed by atoms with van der Waals surface area (Å²) in [5.74, 6) is 1.06. The number of aromatic nitrogens is 1. The first-order valence-corrected chi connectivity index (χ1v) is 14.4. The minimum atomic E-state index is -0.353. The van der Waals surface area contributed by atoms with Crippen LogP contribution in [0.2, 0.25) is 5.02 Å². The highest BCUT2D eigenvalue weighted by atomic mass is 35.5. The van der Waals surface area contributed by atoms with Gasteiger partial charge in [-0.1, -0.05) is 79.3 Å². The number of anilines is 1. The Hall–Kier alpha value is -3.58. The number of thiocarbonyl (C=S) groups is 1. The fourth-order valence-electron chi connectivity index (χ4n) is 4.38. The van der Waals surface area contributed by atoms with Gasteiger partial charge in [-0.25, -0.2) is 0 Å². The summed E-state index contributed by atoms with van der Waals surface area (Å²) in [5.41, 5.74) is 2.60. The molecule has 2 heterocycles. The Morgan fingerprint density at radius 3 is 2.55 bits per heavy atom. The second-order valence-electron chi connectivity index (χ2n) is 9.25. The third-order valence-electron chi connectivity index (χ3n) is 6.66. The highest BCUT2D eigenvalue weighted by molar-refractivity contribution is 8.26. The molecule has 2 aromatic carbocycles. The number of carbonyl (C=O) groups excluding carboxylic acids is 1. The van der Waals surface area contributed by atoms with Crippen molar-refractivity contribution in [1.29, 1.82) is 5.26 Å². The zero-order valence-electron chi connectivity index (χ0n) is 22.5. The van der Waals surface area contributed by atoms with E-state index in [1.807, 2.05) is 49.4 Å². The van der Waals surface area contributed by atoms with Gasteiger partial charge in [0.2, 0.25) is 0 Å². The number of halogens is 1. The van der Waals surface area contributed by atoms with E-state index in [0.717, 1.165) is 29.7 Å². The third-order valence-corrected chi connectivity index (χ3v) is 8.41. The van der Waals surface area contributed by atoms with Gasteiger partial charge in [-0.2, -0.15) is 5.26 Å². The quantitative estimate of drug-likeness (QED) is 0.212. The summed E-state index contributed by atoms with van der Waals surface area (Å²) in [4.78, 5) is 28.8. The second-order valence-corrected chi connectivity index (χ2v) is 11.3. The van der Waals surface area contributed by atoms with Crippen LogP contribution in [-0.2, 0) is 24.4 Å². The van der Waals surface area contributed by atoms with Gasteiger partial charge in [0.1, 0.15) is 27.5 Å². The number of hydrogen-bond donors (Lipinski definition) is 1. The standard InChI is InChI=1S/C30H29ClN4O3S2/c1-4-5-14-34-27(33-17-20-10-12-22(38-3)13-11-20)23(19(2)24(16-32)28(34)36)15-26-29(37)35(30(39)40-26)18-21-8-6-7-9-25(21)31/h6-13,15,33H,4-5,14,17-18H2,1-3H3/b26-15+. The topological polar surface area (TPSA) is 87.4 Å². The summed E-state index contributed by atoms with van der Waals surface area (Å²) < 4.78 is 7.28. The van der Waals surface area contributed by atoms with Crippen LogP contribution in [-0.4, -0.2) is 26.8 Å². The molecule has 1 N–H and O–H groups in total. The molecule has 7 nitrogen and oxygen atoms in total. The summed E-state index contributed by atoms with van der Waals surface area (Å²) in [6.07, 6.45) is 3.36. The molecule has 40 heavy (non-hydrogen) atoms. The molecule has 10 heteroatoms. The normalized spacial score (nSPS) is 14.1. The van der Waals surface area contributed by atoms with Crippen molar-refractivity contribution in [2.75, 3.05) is 12.4 Å². The van der Waals surface area contributed by atoms with E-state index < -0.39 is 0 Å². The molecule has 1 aromatic heterocycles. The van der Waals surface area contributed by atoms with E-state index in [1.54, 1.807) is 30.7 Å². The minimum absolute atomic E-state index is 0.0592. The maximum Gasteiger partial charge on any atom is 0.270 e. The van der Waals surface area contributed by atoms with Crippen LogP contribution >= 0.6 is 35.6 Å². The second kappa shape index (κ2) is 13.2. The van der Waals surface area contributed by atoms with Crippen LogP contribution in [0.25, 0.3) is 6.08 Å². The molecule has 206 valence electrons. The zero-order valence-corrected chi connectivity index (χ0v) is 24.9. The van der Waals surface area contributed by atoms with E-state index in [1.165, 1.54) is 16.7 Å². The van der Waals surface area contributed by atoms with E-state index in [0.29, 0.717) is 44.3 Å². The number of hydrogen-bond acceptors (Lipinski definition) is 7. The molecule has 1 aliphatic heterocycles. The van der Waals surface area contributed by atoms with Crippen molar-refractivity contribution in [3.63, 3.8) is 0 Å². The smallest absolute Gasteiger partial charge is 0.270 e. The van der Waals surface area contributed by atoms with Crippen molar-refractivity contribution >= 4 is 57.7 Å². The summed E-state index contributed by atoms with van der Waals surface area (Å²) in [7, 11) is 1.61. The van der Waals surface area contributed by atoms with Crippen LogP contribution in [0.5, 0.6) is 5.75 Å². The van der Waals surface area contributed by atoms with Crippen LogP contribution < -0.4 is 15.6 Å². The minimum Gasteiger partial charge on any atom is -0.497 e. The Morgan fingerprint density at radius 1 is 1.18 bits per heavy atom. The number of benzene rings is 2. The number of unbranched alkanes of at least 4 members (excludes halogenated alkanes) is 1. The number of methoxy groups -OCH3 is 1. The Morgan fingerprint density at radius 2 is 1.90 bits per heavy atom. The highest BCUT2D eigenvalue weighted by Crippen LogP contribution is 2.36. The van der Waals surface area contributed by atoms with Crippen molar-refractivity contribution in [1.82, 2.24) is 9.47 Å². The first kappa shape index (κ1) is 29.4. The Balaban J connectivity index is 1.77. The number of nitrogens with zero attached hydrogens (tertiary/aromatic N) is 3. The van der Waals surface area contributed by atoms with Crippen LogP contribution in [0, 0.1) is 18.3 Å². The molecule has 1 saturated heterocycles. The van der Waals surface area contributed by atoms with Gasteiger partial charge in [-0.3, -0.25) is 19.1 Å². The monoisotopic (exact) mass is 592 g/mol. The lowest BCUT2D eigenvalue weighted by Crippen LogP contribution is -2.29. The number of carbonyl (C=O) groups is 1. The number of nitriles is 1. The first-order valence-electron chi connectivity index (χ1n) is 12.8. The molecular weight excluding hydrogens is 564 g/mol. The van der Waals surface area contributed by atoms with Gasteiger partial charge >= 0.3 is 0 Å². The van der Waals surface area contributed by atoms with Gasteiger partial charge in [-0.05, 0) is 54.3 Å². The van der Waals surface area contributed by atoms with E-state index in [2.05, 4.69) is 11.4 Å². The van der Waals surface area contributed by atoms with Crippen molar-refractivity contribution in [2.24, 2.45) is 0 Å². The predicted octanol–water partition coefficient (Wildman–Crippen LogP) is 6.50. The maximum atomic E-state index is 13.5. The maximum absolute atomic E-state index is 13.5. The fraction of sp³-hybridized carbons (Fsp3) is 0.267. The molecular formula is C30H29ClN4O3S2. The van der Waals surface area contributed by atoms with Crippen molar-refractivity contribution in [2.45, 2.75) is 46.3 Å². The number of rotatable bonds is 10. The van der Waals surface area contributed by atoms with Gasteiger partial charge < -0.3 is 10.1 Å².